The second-order valence-corrected chi connectivity index (χ2v) is 7.30. The van der Waals surface area contributed by atoms with Crippen molar-refractivity contribution in [3.8, 4) is 0 Å². The van der Waals surface area contributed by atoms with Gasteiger partial charge in [0.15, 0.2) is 5.65 Å². The molecule has 0 saturated carbocycles. The highest BCUT2D eigenvalue weighted by atomic mass is 32.1. The number of hydrogen-bond donors (Lipinski definition) is 1. The SMILES string of the molecule is O=C(Cc1csc(Cc2ccc(F)cc2)n1)NCCc1nnc2ccccn12. The van der Waals surface area contributed by atoms with Gasteiger partial charge in [-0.15, -0.1) is 21.5 Å². The Labute approximate surface area is 165 Å². The number of fused-ring (bicyclic) bond motifs is 1. The van der Waals surface area contributed by atoms with E-state index in [1.165, 1.54) is 23.5 Å². The van der Waals surface area contributed by atoms with Crippen molar-refractivity contribution < 1.29 is 9.18 Å². The number of carbonyl (C=O) groups is 1. The van der Waals surface area contributed by atoms with Crippen LogP contribution in [0.25, 0.3) is 5.65 Å². The van der Waals surface area contributed by atoms with Gasteiger partial charge in [0.2, 0.25) is 5.91 Å². The lowest BCUT2D eigenvalue weighted by Crippen LogP contribution is -2.27. The normalized spacial score (nSPS) is 11.0. The van der Waals surface area contributed by atoms with Gasteiger partial charge in [-0.25, -0.2) is 9.37 Å². The van der Waals surface area contributed by atoms with Crippen LogP contribution in [-0.4, -0.2) is 32.0 Å². The average molecular weight is 395 g/mol. The Morgan fingerprint density at radius 3 is 2.86 bits per heavy atom. The maximum Gasteiger partial charge on any atom is 0.226 e. The molecule has 28 heavy (non-hydrogen) atoms. The van der Waals surface area contributed by atoms with Crippen molar-refractivity contribution in [3.63, 3.8) is 0 Å². The van der Waals surface area contributed by atoms with Crippen LogP contribution in [0, 0.1) is 5.82 Å². The molecule has 4 rings (SSSR count). The molecule has 0 radical (unpaired) electrons. The lowest BCUT2D eigenvalue weighted by atomic mass is 10.1. The summed E-state index contributed by atoms with van der Waals surface area (Å²) in [5.41, 5.74) is 2.53. The van der Waals surface area contributed by atoms with Crippen LogP contribution in [-0.2, 0) is 24.1 Å². The minimum Gasteiger partial charge on any atom is -0.355 e. The first-order valence-corrected chi connectivity index (χ1v) is 9.78. The first-order chi connectivity index (χ1) is 13.7. The Bertz CT molecular complexity index is 1090. The molecule has 142 valence electrons. The number of aromatic nitrogens is 4. The maximum absolute atomic E-state index is 13.0. The van der Waals surface area contributed by atoms with Crippen LogP contribution >= 0.6 is 11.3 Å². The molecule has 0 unspecified atom stereocenters. The Balaban J connectivity index is 1.27. The summed E-state index contributed by atoms with van der Waals surface area (Å²) in [5, 5.41) is 14.0. The molecular formula is C20H18FN5OS. The number of benzene rings is 1. The molecule has 0 aliphatic rings. The minimum atomic E-state index is -0.251. The first kappa shape index (κ1) is 18.2. The predicted octanol–water partition coefficient (Wildman–Crippen LogP) is 2.82. The van der Waals surface area contributed by atoms with Gasteiger partial charge in [0, 0.05) is 31.0 Å². The molecule has 4 aromatic rings. The van der Waals surface area contributed by atoms with Crippen molar-refractivity contribution in [3.05, 3.63) is 81.9 Å². The van der Waals surface area contributed by atoms with Gasteiger partial charge in [-0.05, 0) is 29.8 Å². The van der Waals surface area contributed by atoms with E-state index in [-0.39, 0.29) is 18.1 Å². The molecule has 1 N–H and O–H groups in total. The summed E-state index contributed by atoms with van der Waals surface area (Å²) in [6, 6.07) is 12.1. The van der Waals surface area contributed by atoms with E-state index < -0.39 is 0 Å². The van der Waals surface area contributed by atoms with E-state index in [0.717, 1.165) is 27.7 Å². The fraction of sp³-hybridized carbons (Fsp3) is 0.200. The van der Waals surface area contributed by atoms with Crippen LogP contribution in [0.5, 0.6) is 0 Å². The van der Waals surface area contributed by atoms with Crippen LogP contribution in [0.3, 0.4) is 0 Å². The first-order valence-electron chi connectivity index (χ1n) is 8.90. The van der Waals surface area contributed by atoms with Crippen molar-refractivity contribution >= 4 is 22.9 Å². The minimum absolute atomic E-state index is 0.0764. The van der Waals surface area contributed by atoms with Crippen molar-refractivity contribution in [2.75, 3.05) is 6.54 Å². The smallest absolute Gasteiger partial charge is 0.226 e. The second-order valence-electron chi connectivity index (χ2n) is 6.36. The molecule has 0 bridgehead atoms. The average Bonchev–Trinajstić information content (AvgIpc) is 3.31. The van der Waals surface area contributed by atoms with Crippen LogP contribution in [0.1, 0.15) is 22.1 Å². The second kappa shape index (κ2) is 8.26. The van der Waals surface area contributed by atoms with Crippen molar-refractivity contribution in [2.24, 2.45) is 0 Å². The molecule has 0 fully saturated rings. The van der Waals surface area contributed by atoms with Crippen molar-refractivity contribution in [1.82, 2.24) is 24.9 Å². The maximum atomic E-state index is 13.0. The van der Waals surface area contributed by atoms with E-state index >= 15 is 0 Å². The highest BCUT2D eigenvalue weighted by Crippen LogP contribution is 2.15. The number of halogens is 1. The third kappa shape index (κ3) is 4.40. The van der Waals surface area contributed by atoms with E-state index in [1.807, 2.05) is 34.2 Å². The predicted molar refractivity (Wildman–Crippen MR) is 105 cm³/mol. The van der Waals surface area contributed by atoms with Gasteiger partial charge in [0.25, 0.3) is 0 Å². The standard InChI is InChI=1S/C20H18FN5OS/c21-15-6-4-14(5-7-15)11-20-23-16(13-28-20)12-19(27)22-9-8-18-25-24-17-3-1-2-10-26(17)18/h1-7,10,13H,8-9,11-12H2,(H,22,27). The quantitative estimate of drug-likeness (QED) is 0.522. The Morgan fingerprint density at radius 1 is 1.14 bits per heavy atom. The number of hydrogen-bond acceptors (Lipinski definition) is 5. The summed E-state index contributed by atoms with van der Waals surface area (Å²) in [5.74, 6) is 0.484. The topological polar surface area (TPSA) is 72.2 Å². The molecule has 0 atom stereocenters. The molecular weight excluding hydrogens is 377 g/mol. The number of pyridine rings is 1. The molecule has 3 heterocycles. The zero-order valence-electron chi connectivity index (χ0n) is 15.0. The number of thiazole rings is 1. The van der Waals surface area contributed by atoms with Gasteiger partial charge in [0.1, 0.15) is 11.6 Å². The fourth-order valence-electron chi connectivity index (χ4n) is 2.89. The Hall–Kier alpha value is -3.13. The zero-order chi connectivity index (χ0) is 19.3. The monoisotopic (exact) mass is 395 g/mol. The van der Waals surface area contributed by atoms with E-state index in [0.29, 0.717) is 19.4 Å². The van der Waals surface area contributed by atoms with Crippen LogP contribution in [0.2, 0.25) is 0 Å². The number of carbonyl (C=O) groups excluding carboxylic acids is 1. The third-order valence-corrected chi connectivity index (χ3v) is 5.16. The molecule has 1 aromatic carbocycles. The van der Waals surface area contributed by atoms with Crippen LogP contribution in [0.15, 0.2) is 54.0 Å². The molecule has 0 saturated heterocycles. The molecule has 0 aliphatic heterocycles. The van der Waals surface area contributed by atoms with Crippen LogP contribution < -0.4 is 5.32 Å². The number of rotatable bonds is 7. The molecule has 6 nitrogen and oxygen atoms in total. The summed E-state index contributed by atoms with van der Waals surface area (Å²) in [6.45, 7) is 0.487. The summed E-state index contributed by atoms with van der Waals surface area (Å²) < 4.78 is 14.9. The van der Waals surface area contributed by atoms with Gasteiger partial charge < -0.3 is 5.32 Å². The van der Waals surface area contributed by atoms with E-state index in [9.17, 15) is 9.18 Å². The largest absolute Gasteiger partial charge is 0.355 e. The van der Waals surface area contributed by atoms with Crippen LogP contribution in [0.4, 0.5) is 4.39 Å². The fourth-order valence-corrected chi connectivity index (χ4v) is 3.72. The highest BCUT2D eigenvalue weighted by Gasteiger charge is 2.10. The van der Waals surface area contributed by atoms with Gasteiger partial charge in [-0.2, -0.15) is 0 Å². The Morgan fingerprint density at radius 2 is 2.00 bits per heavy atom. The molecule has 8 heteroatoms. The van der Waals surface area contributed by atoms with E-state index in [2.05, 4.69) is 20.5 Å². The highest BCUT2D eigenvalue weighted by molar-refractivity contribution is 7.09. The lowest BCUT2D eigenvalue weighted by Gasteiger charge is -2.03. The van der Waals surface area contributed by atoms with Gasteiger partial charge >= 0.3 is 0 Å². The number of amides is 1. The van der Waals surface area contributed by atoms with Gasteiger partial charge in [0.05, 0.1) is 17.1 Å². The molecule has 0 spiro atoms. The van der Waals surface area contributed by atoms with E-state index in [4.69, 9.17) is 0 Å². The molecule has 1 amide bonds. The summed E-state index contributed by atoms with van der Waals surface area (Å²) in [4.78, 5) is 16.7. The summed E-state index contributed by atoms with van der Waals surface area (Å²) >= 11 is 1.51. The van der Waals surface area contributed by atoms with E-state index in [1.54, 1.807) is 12.1 Å². The van der Waals surface area contributed by atoms with Gasteiger partial charge in [-0.1, -0.05) is 18.2 Å². The zero-order valence-corrected chi connectivity index (χ0v) is 15.8. The van der Waals surface area contributed by atoms with Crippen molar-refractivity contribution in [1.29, 1.82) is 0 Å². The summed E-state index contributed by atoms with van der Waals surface area (Å²) in [7, 11) is 0. The number of nitrogens with zero attached hydrogens (tertiary/aromatic N) is 4. The third-order valence-electron chi connectivity index (χ3n) is 4.26. The van der Waals surface area contributed by atoms with Crippen molar-refractivity contribution in [2.45, 2.75) is 19.3 Å². The number of nitrogens with one attached hydrogen (secondary N) is 1. The lowest BCUT2D eigenvalue weighted by molar-refractivity contribution is -0.120. The Kier molecular flexibility index (Phi) is 5.38. The molecule has 3 aromatic heterocycles. The van der Waals surface area contributed by atoms with Gasteiger partial charge in [-0.3, -0.25) is 9.20 Å². The molecule has 0 aliphatic carbocycles. The summed E-state index contributed by atoms with van der Waals surface area (Å²) in [6.07, 6.45) is 3.38.